The topological polar surface area (TPSA) is 95.5 Å². The molecule has 100 valence electrons. The average Bonchev–Trinajstić information content (AvgIpc) is 3.13. The van der Waals surface area contributed by atoms with E-state index in [1.165, 1.54) is 13.1 Å². The second-order valence-corrected chi connectivity index (χ2v) is 4.44. The molecule has 1 heterocycles. The number of nitrogens with one attached hydrogen (secondary N) is 2. The number of amides is 2. The molecule has 1 saturated carbocycles. The third-order valence-corrected chi connectivity index (χ3v) is 3.36. The molecule has 7 heteroatoms. The predicted octanol–water partition coefficient (Wildman–Crippen LogP) is -0.309. The van der Waals surface area contributed by atoms with E-state index in [1.54, 1.807) is 0 Å². The first-order chi connectivity index (χ1) is 8.01. The van der Waals surface area contributed by atoms with Crippen molar-refractivity contribution in [3.8, 4) is 0 Å². The van der Waals surface area contributed by atoms with Crippen molar-refractivity contribution in [2.24, 2.45) is 11.3 Å². The van der Waals surface area contributed by atoms with Crippen LogP contribution in [0.5, 0.6) is 0 Å². The van der Waals surface area contributed by atoms with Gasteiger partial charge in [-0.25, -0.2) is 0 Å². The molecule has 1 aliphatic carbocycles. The van der Waals surface area contributed by atoms with Gasteiger partial charge >= 0.3 is 5.97 Å². The Bertz CT molecular complexity index is 431. The van der Waals surface area contributed by atoms with Crippen LogP contribution in [0.2, 0.25) is 0 Å². The zero-order valence-electron chi connectivity index (χ0n) is 9.86. The van der Waals surface area contributed by atoms with Crippen molar-refractivity contribution in [1.82, 2.24) is 10.6 Å². The van der Waals surface area contributed by atoms with Gasteiger partial charge in [-0.3, -0.25) is 14.4 Å². The van der Waals surface area contributed by atoms with E-state index in [1.807, 2.05) is 0 Å². The van der Waals surface area contributed by atoms with Crippen LogP contribution in [0, 0.1) is 11.3 Å². The van der Waals surface area contributed by atoms with Crippen molar-refractivity contribution in [2.45, 2.75) is 12.8 Å². The zero-order chi connectivity index (χ0) is 12.6. The Kier molecular flexibility index (Phi) is 4.01. The molecule has 1 unspecified atom stereocenters. The Labute approximate surface area is 110 Å². The Hall–Kier alpha value is -1.56. The van der Waals surface area contributed by atoms with Crippen molar-refractivity contribution < 1.29 is 19.5 Å². The molecule has 2 amide bonds. The summed E-state index contributed by atoms with van der Waals surface area (Å²) < 4.78 is 0. The highest BCUT2D eigenvalue weighted by atomic mass is 35.5. The second kappa shape index (κ2) is 4.97. The highest BCUT2D eigenvalue weighted by Gasteiger charge is 2.52. The van der Waals surface area contributed by atoms with Gasteiger partial charge in [0.15, 0.2) is 0 Å². The van der Waals surface area contributed by atoms with Gasteiger partial charge in [-0.1, -0.05) is 0 Å². The van der Waals surface area contributed by atoms with Crippen LogP contribution < -0.4 is 10.6 Å². The van der Waals surface area contributed by atoms with E-state index in [4.69, 9.17) is 0 Å². The van der Waals surface area contributed by atoms with Gasteiger partial charge in [-0.2, -0.15) is 0 Å². The molecule has 18 heavy (non-hydrogen) atoms. The Morgan fingerprint density at radius 1 is 1.50 bits per heavy atom. The van der Waals surface area contributed by atoms with Crippen LogP contribution in [0.1, 0.15) is 12.8 Å². The summed E-state index contributed by atoms with van der Waals surface area (Å²) in [6.45, 7) is 0.0618. The van der Waals surface area contributed by atoms with Crippen LogP contribution in [0.4, 0.5) is 0 Å². The highest BCUT2D eigenvalue weighted by molar-refractivity contribution is 6.19. The van der Waals surface area contributed by atoms with Gasteiger partial charge in [0.2, 0.25) is 0 Å². The lowest BCUT2D eigenvalue weighted by atomic mass is 9.78. The van der Waals surface area contributed by atoms with Gasteiger partial charge in [0.1, 0.15) is 11.0 Å². The van der Waals surface area contributed by atoms with Gasteiger partial charge in [-0.15, -0.1) is 12.4 Å². The van der Waals surface area contributed by atoms with Crippen molar-refractivity contribution in [3.05, 3.63) is 11.6 Å². The molecule has 0 saturated heterocycles. The summed E-state index contributed by atoms with van der Waals surface area (Å²) in [4.78, 5) is 34.4. The average molecular weight is 275 g/mol. The predicted molar refractivity (Wildman–Crippen MR) is 65.2 cm³/mol. The maximum Gasteiger partial charge on any atom is 0.315 e. The quantitative estimate of drug-likeness (QED) is 0.615. The van der Waals surface area contributed by atoms with Gasteiger partial charge in [-0.05, 0) is 24.8 Å². The number of hydrogen-bond acceptors (Lipinski definition) is 3. The lowest BCUT2D eigenvalue weighted by molar-refractivity contribution is -0.147. The number of carboxylic acids is 1. The van der Waals surface area contributed by atoms with Crippen molar-refractivity contribution >= 4 is 30.2 Å². The summed E-state index contributed by atoms with van der Waals surface area (Å²) >= 11 is 0. The lowest BCUT2D eigenvalue weighted by Crippen LogP contribution is -2.50. The molecule has 0 spiro atoms. The third kappa shape index (κ3) is 2.20. The molecule has 3 N–H and O–H groups in total. The molecule has 6 nitrogen and oxygen atoms in total. The lowest BCUT2D eigenvalue weighted by Gasteiger charge is -2.31. The number of hydrogen-bond donors (Lipinski definition) is 3. The van der Waals surface area contributed by atoms with Gasteiger partial charge in [0.05, 0.1) is 0 Å². The Balaban J connectivity index is 0.00000162. The molecule has 1 fully saturated rings. The monoisotopic (exact) mass is 274 g/mol. The van der Waals surface area contributed by atoms with Gasteiger partial charge < -0.3 is 15.7 Å². The molecular formula is C11H15ClN2O4. The van der Waals surface area contributed by atoms with Crippen molar-refractivity contribution in [1.29, 1.82) is 0 Å². The molecule has 0 aromatic heterocycles. The number of aliphatic carboxylic acids is 1. The third-order valence-electron chi connectivity index (χ3n) is 3.36. The molecular weight excluding hydrogens is 260 g/mol. The first-order valence-electron chi connectivity index (χ1n) is 5.48. The van der Waals surface area contributed by atoms with Crippen molar-refractivity contribution in [2.75, 3.05) is 13.6 Å². The fourth-order valence-corrected chi connectivity index (χ4v) is 2.17. The normalized spacial score (nSPS) is 26.5. The van der Waals surface area contributed by atoms with Gasteiger partial charge in [0, 0.05) is 13.6 Å². The minimum Gasteiger partial charge on any atom is -0.481 e. The summed E-state index contributed by atoms with van der Waals surface area (Å²) in [6.07, 6.45) is 2.96. The number of rotatable bonds is 3. The summed E-state index contributed by atoms with van der Waals surface area (Å²) in [5.41, 5.74) is -1.22. The molecule has 0 aromatic carbocycles. The van der Waals surface area contributed by atoms with Crippen LogP contribution in [0.25, 0.3) is 0 Å². The number of carbonyl (C=O) groups is 3. The minimum atomic E-state index is -1.12. The molecule has 2 aliphatic rings. The molecule has 0 bridgehead atoms. The maximum absolute atomic E-state index is 11.5. The molecule has 0 radical (unpaired) electrons. The van der Waals surface area contributed by atoms with Crippen LogP contribution in [0.3, 0.4) is 0 Å². The van der Waals surface area contributed by atoms with Gasteiger partial charge in [0.25, 0.3) is 11.8 Å². The van der Waals surface area contributed by atoms with Crippen LogP contribution >= 0.6 is 12.4 Å². The first-order valence-corrected chi connectivity index (χ1v) is 5.48. The van der Waals surface area contributed by atoms with E-state index in [9.17, 15) is 19.5 Å². The Morgan fingerprint density at radius 2 is 2.11 bits per heavy atom. The van der Waals surface area contributed by atoms with E-state index >= 15 is 0 Å². The highest BCUT2D eigenvalue weighted by Crippen LogP contribution is 2.48. The zero-order valence-corrected chi connectivity index (χ0v) is 10.7. The Morgan fingerprint density at radius 3 is 2.56 bits per heavy atom. The maximum atomic E-state index is 11.5. The van der Waals surface area contributed by atoms with E-state index in [0.29, 0.717) is 0 Å². The first kappa shape index (κ1) is 14.5. The molecule has 0 aromatic rings. The second-order valence-electron chi connectivity index (χ2n) is 4.44. The number of carboxylic acid groups (broad SMARTS) is 1. The SMILES string of the molecule is CNC(=O)C1=CC(C(=O)O)(C2CC2)CNC1=O.Cl. The summed E-state index contributed by atoms with van der Waals surface area (Å²) in [5.74, 6) is -2.03. The summed E-state index contributed by atoms with van der Waals surface area (Å²) in [5, 5.41) is 14.2. The largest absolute Gasteiger partial charge is 0.481 e. The molecule has 1 atom stereocenters. The fraction of sp³-hybridized carbons (Fsp3) is 0.545. The van der Waals surface area contributed by atoms with E-state index in [0.717, 1.165) is 12.8 Å². The minimum absolute atomic E-state index is 0. The van der Waals surface area contributed by atoms with E-state index in [-0.39, 0.29) is 30.4 Å². The van der Waals surface area contributed by atoms with E-state index < -0.39 is 23.2 Å². The fourth-order valence-electron chi connectivity index (χ4n) is 2.17. The van der Waals surface area contributed by atoms with E-state index in [2.05, 4.69) is 10.6 Å². The number of halogens is 1. The summed E-state index contributed by atoms with van der Waals surface area (Å²) in [6, 6.07) is 0. The number of likely N-dealkylation sites (N-methyl/N-ethyl adjacent to an activating group) is 1. The van der Waals surface area contributed by atoms with Crippen LogP contribution in [-0.4, -0.2) is 36.5 Å². The van der Waals surface area contributed by atoms with Crippen molar-refractivity contribution in [3.63, 3.8) is 0 Å². The van der Waals surface area contributed by atoms with Crippen LogP contribution in [0.15, 0.2) is 11.6 Å². The number of carbonyl (C=O) groups excluding carboxylic acids is 2. The standard InChI is InChI=1S/C11H14N2O4.ClH/c1-12-8(14)7-4-11(10(16)17,6-2-3-6)5-13-9(7)15;/h4,6H,2-3,5H2,1H3,(H,12,14)(H,13,15)(H,16,17);1H. The van der Waals surface area contributed by atoms with Crippen LogP contribution in [-0.2, 0) is 14.4 Å². The molecule has 1 aliphatic heterocycles. The smallest absolute Gasteiger partial charge is 0.315 e. The summed E-state index contributed by atoms with van der Waals surface area (Å²) in [7, 11) is 1.41. The molecule has 2 rings (SSSR count).